The van der Waals surface area contributed by atoms with E-state index in [1.165, 1.54) is 22.4 Å². The maximum Gasteiger partial charge on any atom is 0.228 e. The average Bonchev–Trinajstić information content (AvgIpc) is 2.81. The van der Waals surface area contributed by atoms with Crippen LogP contribution >= 0.6 is 0 Å². The van der Waals surface area contributed by atoms with E-state index in [0.717, 1.165) is 24.2 Å². The van der Waals surface area contributed by atoms with Crippen LogP contribution in [0.15, 0.2) is 109 Å². The SMILES string of the molecule is Cc1cccc(CC(=O)Nc2ccccc2)c1.Cc1cccc(CCNc2ccccc2)c1. The molecule has 1 amide bonds. The highest BCUT2D eigenvalue weighted by Gasteiger charge is 2.03. The Hall–Kier alpha value is -3.85. The predicted octanol–water partition coefficient (Wildman–Crippen LogP) is 6.83. The Morgan fingerprint density at radius 2 is 1.18 bits per heavy atom. The number of hydrogen-bond acceptors (Lipinski definition) is 2. The standard InChI is InChI=1S/C15H15NO.C15H17N/c1-12-6-5-7-13(10-12)11-15(17)16-14-8-3-2-4-9-14;1-13-6-5-7-14(12-13)10-11-16-15-8-3-2-4-9-15/h2-10H,11H2,1H3,(H,16,17);2-9,12,16H,10-11H2,1H3. The minimum Gasteiger partial charge on any atom is -0.385 e. The highest BCUT2D eigenvalue weighted by molar-refractivity contribution is 5.92. The molecule has 168 valence electrons. The first kappa shape index (κ1) is 23.8. The molecule has 3 nitrogen and oxygen atoms in total. The molecular weight excluding hydrogens is 404 g/mol. The number of anilines is 2. The van der Waals surface area contributed by atoms with Crippen molar-refractivity contribution in [3.63, 3.8) is 0 Å². The van der Waals surface area contributed by atoms with Gasteiger partial charge in [0.25, 0.3) is 0 Å². The number of carbonyl (C=O) groups excluding carboxylic acids is 1. The van der Waals surface area contributed by atoms with Crippen LogP contribution in [0.1, 0.15) is 22.3 Å². The summed E-state index contributed by atoms with van der Waals surface area (Å²) in [4.78, 5) is 11.8. The van der Waals surface area contributed by atoms with E-state index < -0.39 is 0 Å². The van der Waals surface area contributed by atoms with Gasteiger partial charge < -0.3 is 10.6 Å². The lowest BCUT2D eigenvalue weighted by Gasteiger charge is -2.06. The molecule has 0 spiro atoms. The maximum atomic E-state index is 11.8. The van der Waals surface area contributed by atoms with Crippen LogP contribution in [0.4, 0.5) is 11.4 Å². The maximum absolute atomic E-state index is 11.8. The van der Waals surface area contributed by atoms with Crippen molar-refractivity contribution < 1.29 is 4.79 Å². The summed E-state index contributed by atoms with van der Waals surface area (Å²) in [6.07, 6.45) is 1.48. The summed E-state index contributed by atoms with van der Waals surface area (Å²) in [5.41, 5.74) is 6.97. The number of amides is 1. The Kier molecular flexibility index (Phi) is 9.29. The highest BCUT2D eigenvalue weighted by Crippen LogP contribution is 2.09. The Bertz CT molecular complexity index is 1120. The molecule has 0 aromatic heterocycles. The Morgan fingerprint density at radius 3 is 1.79 bits per heavy atom. The monoisotopic (exact) mass is 436 g/mol. The largest absolute Gasteiger partial charge is 0.385 e. The van der Waals surface area contributed by atoms with E-state index in [1.54, 1.807) is 0 Å². The van der Waals surface area contributed by atoms with E-state index in [4.69, 9.17) is 0 Å². The summed E-state index contributed by atoms with van der Waals surface area (Å²) in [6.45, 7) is 5.14. The number of nitrogens with one attached hydrogen (secondary N) is 2. The summed E-state index contributed by atoms with van der Waals surface area (Å²) >= 11 is 0. The minimum atomic E-state index is 0.0156. The normalized spacial score (nSPS) is 10.0. The molecular formula is C30H32N2O. The van der Waals surface area contributed by atoms with Crippen molar-refractivity contribution in [1.82, 2.24) is 0 Å². The molecule has 0 saturated heterocycles. The molecule has 0 fully saturated rings. The first-order valence-electron chi connectivity index (χ1n) is 11.3. The van der Waals surface area contributed by atoms with Gasteiger partial charge in [-0.15, -0.1) is 0 Å². The van der Waals surface area contributed by atoms with Crippen LogP contribution in [0, 0.1) is 13.8 Å². The summed E-state index contributed by atoms with van der Waals surface area (Å²) in [6, 6.07) is 36.5. The zero-order chi connectivity index (χ0) is 23.3. The van der Waals surface area contributed by atoms with Crippen LogP contribution in [0.25, 0.3) is 0 Å². The lowest BCUT2D eigenvalue weighted by atomic mass is 10.1. The van der Waals surface area contributed by atoms with Gasteiger partial charge in [0.1, 0.15) is 0 Å². The van der Waals surface area contributed by atoms with Crippen molar-refractivity contribution in [2.75, 3.05) is 17.2 Å². The average molecular weight is 437 g/mol. The van der Waals surface area contributed by atoms with Crippen LogP contribution < -0.4 is 10.6 Å². The highest BCUT2D eigenvalue weighted by atomic mass is 16.1. The molecule has 0 saturated carbocycles. The fourth-order valence-corrected chi connectivity index (χ4v) is 3.51. The van der Waals surface area contributed by atoms with Crippen molar-refractivity contribution in [3.8, 4) is 0 Å². The first-order chi connectivity index (χ1) is 16.1. The quantitative estimate of drug-likeness (QED) is 0.333. The van der Waals surface area contributed by atoms with Gasteiger partial charge in [-0.05, 0) is 55.7 Å². The molecule has 4 aromatic carbocycles. The molecule has 0 aliphatic heterocycles. The van der Waals surface area contributed by atoms with Crippen LogP contribution in [0.2, 0.25) is 0 Å². The molecule has 0 atom stereocenters. The Balaban J connectivity index is 0.000000186. The van der Waals surface area contributed by atoms with E-state index in [1.807, 2.05) is 67.6 Å². The van der Waals surface area contributed by atoms with E-state index in [2.05, 4.69) is 66.1 Å². The van der Waals surface area contributed by atoms with E-state index in [-0.39, 0.29) is 5.91 Å². The summed E-state index contributed by atoms with van der Waals surface area (Å²) in [7, 11) is 0. The van der Waals surface area contributed by atoms with Crippen LogP contribution in [-0.2, 0) is 17.6 Å². The molecule has 4 rings (SSSR count). The number of benzene rings is 4. The number of carbonyl (C=O) groups is 1. The lowest BCUT2D eigenvalue weighted by molar-refractivity contribution is -0.115. The third-order valence-corrected chi connectivity index (χ3v) is 5.10. The molecule has 0 radical (unpaired) electrons. The number of aryl methyl sites for hydroxylation is 2. The molecule has 0 aliphatic rings. The van der Waals surface area contributed by atoms with Crippen molar-refractivity contribution >= 4 is 17.3 Å². The summed E-state index contributed by atoms with van der Waals surface area (Å²) in [5.74, 6) is 0.0156. The molecule has 2 N–H and O–H groups in total. The second-order valence-electron chi connectivity index (χ2n) is 8.11. The molecule has 4 aromatic rings. The molecule has 0 bridgehead atoms. The predicted molar refractivity (Wildman–Crippen MR) is 140 cm³/mol. The van der Waals surface area contributed by atoms with E-state index >= 15 is 0 Å². The van der Waals surface area contributed by atoms with Gasteiger partial charge in [-0.25, -0.2) is 0 Å². The molecule has 0 unspecified atom stereocenters. The smallest absolute Gasteiger partial charge is 0.228 e. The fraction of sp³-hybridized carbons (Fsp3) is 0.167. The molecule has 3 heteroatoms. The number of para-hydroxylation sites is 2. The van der Waals surface area contributed by atoms with Gasteiger partial charge in [0.05, 0.1) is 6.42 Å². The summed E-state index contributed by atoms with van der Waals surface area (Å²) < 4.78 is 0. The number of rotatable bonds is 7. The van der Waals surface area contributed by atoms with Gasteiger partial charge in [0.2, 0.25) is 5.91 Å². The van der Waals surface area contributed by atoms with E-state index in [0.29, 0.717) is 6.42 Å². The van der Waals surface area contributed by atoms with Crippen molar-refractivity contribution in [2.24, 2.45) is 0 Å². The van der Waals surface area contributed by atoms with Gasteiger partial charge in [0, 0.05) is 17.9 Å². The second-order valence-corrected chi connectivity index (χ2v) is 8.11. The zero-order valence-corrected chi connectivity index (χ0v) is 19.4. The first-order valence-corrected chi connectivity index (χ1v) is 11.3. The van der Waals surface area contributed by atoms with Gasteiger partial charge >= 0.3 is 0 Å². The minimum absolute atomic E-state index is 0.0156. The third kappa shape index (κ3) is 9.04. The summed E-state index contributed by atoms with van der Waals surface area (Å²) in [5, 5.41) is 6.28. The Morgan fingerprint density at radius 1 is 0.636 bits per heavy atom. The van der Waals surface area contributed by atoms with Crippen molar-refractivity contribution in [2.45, 2.75) is 26.7 Å². The lowest BCUT2D eigenvalue weighted by Crippen LogP contribution is -2.14. The van der Waals surface area contributed by atoms with Crippen LogP contribution in [-0.4, -0.2) is 12.5 Å². The van der Waals surface area contributed by atoms with Gasteiger partial charge in [-0.2, -0.15) is 0 Å². The van der Waals surface area contributed by atoms with Crippen LogP contribution in [0.5, 0.6) is 0 Å². The topological polar surface area (TPSA) is 41.1 Å². The fourth-order valence-electron chi connectivity index (χ4n) is 3.51. The van der Waals surface area contributed by atoms with Crippen LogP contribution in [0.3, 0.4) is 0 Å². The molecule has 0 heterocycles. The zero-order valence-electron chi connectivity index (χ0n) is 19.4. The van der Waals surface area contributed by atoms with Gasteiger partial charge in [0.15, 0.2) is 0 Å². The third-order valence-electron chi connectivity index (χ3n) is 5.10. The Labute approximate surface area is 197 Å². The molecule has 0 aliphatic carbocycles. The van der Waals surface area contributed by atoms with Crippen molar-refractivity contribution in [3.05, 3.63) is 131 Å². The molecule has 33 heavy (non-hydrogen) atoms. The van der Waals surface area contributed by atoms with Gasteiger partial charge in [-0.3, -0.25) is 4.79 Å². The van der Waals surface area contributed by atoms with E-state index in [9.17, 15) is 4.79 Å². The second kappa shape index (κ2) is 12.9. The van der Waals surface area contributed by atoms with Crippen molar-refractivity contribution in [1.29, 1.82) is 0 Å². The number of hydrogen-bond donors (Lipinski definition) is 2. The van der Waals surface area contributed by atoms with Gasteiger partial charge in [-0.1, -0.05) is 96.1 Å².